The minimum atomic E-state index is -0.00690. The smallest absolute Gasteiger partial charge is 0.231 e. The Kier molecular flexibility index (Phi) is 4.11. The number of nitrogens with zero attached hydrogens (tertiary/aromatic N) is 1. The number of rotatable bonds is 5. The third-order valence-electron chi connectivity index (χ3n) is 3.77. The molecule has 1 aromatic rings. The number of aliphatic imine (C=N–C) groups is 1. The van der Waals surface area contributed by atoms with Crippen molar-refractivity contribution in [3.05, 3.63) is 18.2 Å². The van der Waals surface area contributed by atoms with Crippen molar-refractivity contribution < 1.29 is 9.47 Å². The topological polar surface area (TPSA) is 80.9 Å². The summed E-state index contributed by atoms with van der Waals surface area (Å²) in [6.45, 7) is 5.80. The summed E-state index contributed by atoms with van der Waals surface area (Å²) >= 11 is 0. The first-order chi connectivity index (χ1) is 10.6. The second-order valence-electron chi connectivity index (χ2n) is 6.64. The van der Waals surface area contributed by atoms with Gasteiger partial charge in [-0.25, -0.2) is 0 Å². The van der Waals surface area contributed by atoms with Crippen LogP contribution in [0.2, 0.25) is 0 Å². The Bertz CT molecular complexity index is 567. The summed E-state index contributed by atoms with van der Waals surface area (Å²) in [6, 6.07) is 6.33. The van der Waals surface area contributed by atoms with Gasteiger partial charge in [0.2, 0.25) is 6.79 Å². The molecule has 0 amide bonds. The highest BCUT2D eigenvalue weighted by Crippen LogP contribution is 2.34. The van der Waals surface area contributed by atoms with Gasteiger partial charge >= 0.3 is 0 Å². The van der Waals surface area contributed by atoms with Crippen LogP contribution in [0.25, 0.3) is 0 Å². The molecule has 0 aromatic heterocycles. The van der Waals surface area contributed by atoms with E-state index in [-0.39, 0.29) is 12.2 Å². The van der Waals surface area contributed by atoms with Crippen LogP contribution in [0.15, 0.2) is 23.2 Å². The fourth-order valence-electron chi connectivity index (χ4n) is 2.01. The quantitative estimate of drug-likeness (QED) is 0.572. The van der Waals surface area contributed by atoms with E-state index in [1.165, 1.54) is 12.8 Å². The van der Waals surface area contributed by atoms with Crippen molar-refractivity contribution in [1.82, 2.24) is 5.32 Å². The van der Waals surface area contributed by atoms with Crippen molar-refractivity contribution >= 4 is 11.6 Å². The average Bonchev–Trinajstić information content (AvgIpc) is 3.19. The number of hydrogen-bond donors (Lipinski definition) is 3. The van der Waals surface area contributed by atoms with Crippen LogP contribution in [0, 0.1) is 5.41 Å². The second kappa shape index (κ2) is 6.04. The molecule has 1 heterocycles. The molecule has 4 N–H and O–H groups in total. The van der Waals surface area contributed by atoms with Crippen LogP contribution in [0.3, 0.4) is 0 Å². The molecule has 1 aromatic carbocycles. The molecular formula is C16H24N4O2. The monoisotopic (exact) mass is 304 g/mol. The molecule has 0 bridgehead atoms. The minimum absolute atomic E-state index is 0.00690. The van der Waals surface area contributed by atoms with E-state index >= 15 is 0 Å². The lowest BCUT2D eigenvalue weighted by molar-refractivity contribution is 0.174. The first kappa shape index (κ1) is 15.0. The van der Waals surface area contributed by atoms with Crippen LogP contribution >= 0.6 is 0 Å². The van der Waals surface area contributed by atoms with E-state index in [2.05, 4.69) is 29.5 Å². The molecule has 22 heavy (non-hydrogen) atoms. The number of hydrogen-bond acceptors (Lipinski definition) is 4. The number of ether oxygens (including phenoxy) is 2. The molecule has 0 atom stereocenters. The Morgan fingerprint density at radius 1 is 1.32 bits per heavy atom. The summed E-state index contributed by atoms with van der Waals surface area (Å²) in [7, 11) is 0. The third kappa shape index (κ3) is 3.82. The van der Waals surface area contributed by atoms with Crippen LogP contribution in [0.4, 0.5) is 5.69 Å². The van der Waals surface area contributed by atoms with Crippen LogP contribution in [-0.2, 0) is 0 Å². The zero-order chi connectivity index (χ0) is 15.6. The molecular weight excluding hydrogens is 280 g/mol. The predicted octanol–water partition coefficient (Wildman–Crippen LogP) is 1.92. The molecule has 6 nitrogen and oxygen atoms in total. The Hall–Kier alpha value is -1.95. The lowest BCUT2D eigenvalue weighted by atomic mass is 9.94. The van der Waals surface area contributed by atoms with Gasteiger partial charge in [-0.3, -0.25) is 4.99 Å². The highest BCUT2D eigenvalue weighted by molar-refractivity contribution is 5.94. The Labute approximate surface area is 131 Å². The summed E-state index contributed by atoms with van der Waals surface area (Å²) in [6.07, 6.45) is 2.39. The molecule has 120 valence electrons. The van der Waals surface area contributed by atoms with E-state index in [9.17, 15) is 0 Å². The summed E-state index contributed by atoms with van der Waals surface area (Å²) in [4.78, 5) is 4.68. The lowest BCUT2D eigenvalue weighted by Gasteiger charge is -2.21. The van der Waals surface area contributed by atoms with Gasteiger partial charge in [-0.1, -0.05) is 13.8 Å². The number of nitrogens with one attached hydrogen (secondary N) is 2. The molecule has 0 saturated heterocycles. The van der Waals surface area contributed by atoms with Crippen LogP contribution in [0.1, 0.15) is 26.7 Å². The van der Waals surface area contributed by atoms with Crippen molar-refractivity contribution in [2.24, 2.45) is 16.1 Å². The van der Waals surface area contributed by atoms with Crippen LogP contribution < -0.4 is 25.8 Å². The van der Waals surface area contributed by atoms with Crippen molar-refractivity contribution in [3.8, 4) is 11.5 Å². The van der Waals surface area contributed by atoms with Crippen molar-refractivity contribution in [2.45, 2.75) is 32.7 Å². The molecule has 0 spiro atoms. The fourth-order valence-corrected chi connectivity index (χ4v) is 2.01. The van der Waals surface area contributed by atoms with E-state index in [4.69, 9.17) is 15.2 Å². The first-order valence-electron chi connectivity index (χ1n) is 7.73. The summed E-state index contributed by atoms with van der Waals surface area (Å²) in [5, 5.41) is 6.77. The van der Waals surface area contributed by atoms with Crippen LogP contribution in [-0.4, -0.2) is 31.9 Å². The highest BCUT2D eigenvalue weighted by atomic mass is 16.7. The number of fused-ring (bicyclic) bond motifs is 1. The van der Waals surface area contributed by atoms with Gasteiger partial charge in [0.1, 0.15) is 0 Å². The maximum absolute atomic E-state index is 5.78. The summed E-state index contributed by atoms with van der Waals surface area (Å²) in [5.41, 5.74) is 6.70. The molecule has 0 unspecified atom stereocenters. The van der Waals surface area contributed by atoms with Gasteiger partial charge in [-0.05, 0) is 36.9 Å². The molecule has 6 heteroatoms. The van der Waals surface area contributed by atoms with E-state index in [1.54, 1.807) is 0 Å². The summed E-state index contributed by atoms with van der Waals surface area (Å²) < 4.78 is 10.7. The Morgan fingerprint density at radius 3 is 2.82 bits per heavy atom. The molecule has 2 aliphatic rings. The number of anilines is 1. The van der Waals surface area contributed by atoms with Gasteiger partial charge in [0, 0.05) is 24.3 Å². The van der Waals surface area contributed by atoms with E-state index in [0.29, 0.717) is 19.1 Å². The maximum Gasteiger partial charge on any atom is 0.231 e. The van der Waals surface area contributed by atoms with Gasteiger partial charge in [0.05, 0.1) is 0 Å². The van der Waals surface area contributed by atoms with Gasteiger partial charge in [-0.2, -0.15) is 0 Å². The summed E-state index contributed by atoms with van der Waals surface area (Å²) in [5.74, 6) is 2.34. The second-order valence-corrected chi connectivity index (χ2v) is 6.64. The van der Waals surface area contributed by atoms with Crippen molar-refractivity contribution in [1.29, 1.82) is 0 Å². The van der Waals surface area contributed by atoms with Crippen molar-refractivity contribution in [3.63, 3.8) is 0 Å². The van der Waals surface area contributed by atoms with Gasteiger partial charge in [0.15, 0.2) is 17.5 Å². The minimum Gasteiger partial charge on any atom is -0.454 e. The molecule has 0 radical (unpaired) electrons. The molecule has 1 fully saturated rings. The largest absolute Gasteiger partial charge is 0.454 e. The molecule has 1 aliphatic heterocycles. The highest BCUT2D eigenvalue weighted by Gasteiger charge is 2.23. The van der Waals surface area contributed by atoms with Crippen molar-refractivity contribution in [2.75, 3.05) is 25.2 Å². The average molecular weight is 304 g/mol. The van der Waals surface area contributed by atoms with Gasteiger partial charge in [-0.15, -0.1) is 0 Å². The standard InChI is InChI=1S/C16H24N4O2/c1-16(2,8-17)9-18-15(19-11-3-4-11)20-12-5-6-13-14(7-12)22-10-21-13/h5-7,11H,3-4,8-10,17H2,1-2H3,(H2,18,19,20). The molecule has 1 saturated carbocycles. The number of guanidine groups is 1. The first-order valence-corrected chi connectivity index (χ1v) is 7.73. The Morgan fingerprint density at radius 2 is 2.09 bits per heavy atom. The molecule has 1 aliphatic carbocycles. The zero-order valence-corrected chi connectivity index (χ0v) is 13.2. The molecule has 3 rings (SSSR count). The number of nitrogens with two attached hydrogens (primary N) is 1. The van der Waals surface area contributed by atoms with Gasteiger partial charge in [0.25, 0.3) is 0 Å². The number of benzene rings is 1. The Balaban J connectivity index is 1.70. The zero-order valence-electron chi connectivity index (χ0n) is 13.2. The predicted molar refractivity (Wildman–Crippen MR) is 87.5 cm³/mol. The van der Waals surface area contributed by atoms with E-state index in [0.717, 1.165) is 23.1 Å². The maximum atomic E-state index is 5.78. The van der Waals surface area contributed by atoms with E-state index in [1.807, 2.05) is 18.2 Å². The lowest BCUT2D eigenvalue weighted by Crippen LogP contribution is -2.35. The third-order valence-corrected chi connectivity index (χ3v) is 3.77. The van der Waals surface area contributed by atoms with E-state index < -0.39 is 0 Å². The normalized spacial score (nSPS) is 17.5. The SMILES string of the molecule is CC(C)(CN)CN=C(Nc1ccc2c(c1)OCO2)NC1CC1. The van der Waals surface area contributed by atoms with Gasteiger partial charge < -0.3 is 25.8 Å². The van der Waals surface area contributed by atoms with Crippen LogP contribution in [0.5, 0.6) is 11.5 Å². The fraction of sp³-hybridized carbons (Fsp3) is 0.562.